The van der Waals surface area contributed by atoms with Crippen LogP contribution >= 0.6 is 0 Å². The number of aliphatic hydroxyl groups excluding tert-OH is 1. The van der Waals surface area contributed by atoms with Crippen LogP contribution in [0.3, 0.4) is 0 Å². The molecule has 0 aliphatic carbocycles. The lowest BCUT2D eigenvalue weighted by molar-refractivity contribution is -0.153. The predicted octanol–water partition coefficient (Wildman–Crippen LogP) is 5.02. The summed E-state index contributed by atoms with van der Waals surface area (Å²) >= 11 is 0. The SMILES string of the molecule is CC(C)(C)OC(=O)N[C@H](CO)C(C)(C)C.CC1(C)CC(=O)N(C[C@@H](NC(=O)OC(C)(C)C)C(C)(C)C)C(=O)C1. The minimum atomic E-state index is -0.604. The van der Waals surface area contributed by atoms with Gasteiger partial charge in [-0.2, -0.15) is 0 Å². The monoisotopic (exact) mass is 557 g/mol. The molecule has 39 heavy (non-hydrogen) atoms. The van der Waals surface area contributed by atoms with Crippen LogP contribution in [0, 0.1) is 16.2 Å². The van der Waals surface area contributed by atoms with Gasteiger partial charge in [0.15, 0.2) is 0 Å². The van der Waals surface area contributed by atoms with Crippen molar-refractivity contribution in [3.8, 4) is 0 Å². The van der Waals surface area contributed by atoms with E-state index in [9.17, 15) is 19.2 Å². The number of amides is 4. The number of carbonyl (C=O) groups is 4. The highest BCUT2D eigenvalue weighted by atomic mass is 16.6. The molecule has 1 aliphatic rings. The van der Waals surface area contributed by atoms with Crippen LogP contribution < -0.4 is 10.6 Å². The summed E-state index contributed by atoms with van der Waals surface area (Å²) in [5.41, 5.74) is -1.94. The third-order valence-electron chi connectivity index (χ3n) is 5.88. The van der Waals surface area contributed by atoms with Gasteiger partial charge in [0.2, 0.25) is 11.8 Å². The first kappa shape index (κ1) is 36.6. The zero-order valence-corrected chi connectivity index (χ0v) is 26.8. The van der Waals surface area contributed by atoms with Crippen molar-refractivity contribution in [3.05, 3.63) is 0 Å². The van der Waals surface area contributed by atoms with Gasteiger partial charge >= 0.3 is 12.2 Å². The molecule has 10 nitrogen and oxygen atoms in total. The lowest BCUT2D eigenvalue weighted by Gasteiger charge is -2.39. The van der Waals surface area contributed by atoms with E-state index in [1.807, 2.05) is 55.4 Å². The molecule has 1 fully saturated rings. The number of alkyl carbamates (subject to hydrolysis) is 2. The summed E-state index contributed by atoms with van der Waals surface area (Å²) in [6.45, 7) is 26.4. The summed E-state index contributed by atoms with van der Waals surface area (Å²) in [7, 11) is 0. The molecule has 4 amide bonds. The number of ether oxygens (including phenoxy) is 2. The van der Waals surface area contributed by atoms with Gasteiger partial charge in [-0.25, -0.2) is 9.59 Å². The highest BCUT2D eigenvalue weighted by molar-refractivity contribution is 5.98. The second-order valence-electron chi connectivity index (χ2n) is 15.2. The second kappa shape index (κ2) is 13.3. The molecule has 1 heterocycles. The molecule has 0 radical (unpaired) electrons. The highest BCUT2D eigenvalue weighted by Gasteiger charge is 2.40. The van der Waals surface area contributed by atoms with Gasteiger partial charge in [0.25, 0.3) is 0 Å². The first-order valence-electron chi connectivity index (χ1n) is 13.6. The Hall–Kier alpha value is -2.36. The van der Waals surface area contributed by atoms with Crippen LogP contribution in [0.2, 0.25) is 0 Å². The van der Waals surface area contributed by atoms with E-state index in [-0.39, 0.29) is 53.3 Å². The Labute approximate surface area is 235 Å². The quantitative estimate of drug-likeness (QED) is 0.404. The molecule has 10 heteroatoms. The second-order valence-corrected chi connectivity index (χ2v) is 15.2. The zero-order valence-electron chi connectivity index (χ0n) is 26.8. The van der Waals surface area contributed by atoms with E-state index in [0.717, 1.165) is 0 Å². The first-order chi connectivity index (χ1) is 17.2. The van der Waals surface area contributed by atoms with Crippen molar-refractivity contribution in [1.29, 1.82) is 0 Å². The average Bonchev–Trinajstić information content (AvgIpc) is 2.63. The van der Waals surface area contributed by atoms with Crippen molar-refractivity contribution in [3.63, 3.8) is 0 Å². The maximum Gasteiger partial charge on any atom is 0.407 e. The highest BCUT2D eigenvalue weighted by Crippen LogP contribution is 2.32. The van der Waals surface area contributed by atoms with Gasteiger partial charge < -0.3 is 25.2 Å². The number of carbonyl (C=O) groups excluding carboxylic acids is 4. The number of piperidine rings is 1. The number of rotatable bonds is 5. The molecule has 1 saturated heterocycles. The molecule has 0 aromatic carbocycles. The molecule has 3 N–H and O–H groups in total. The number of hydrogen-bond donors (Lipinski definition) is 3. The number of nitrogens with zero attached hydrogens (tertiary/aromatic N) is 1. The fourth-order valence-corrected chi connectivity index (χ4v) is 3.57. The summed E-state index contributed by atoms with van der Waals surface area (Å²) in [5.74, 6) is -0.368. The Morgan fingerprint density at radius 3 is 1.38 bits per heavy atom. The smallest absolute Gasteiger partial charge is 0.407 e. The van der Waals surface area contributed by atoms with Crippen molar-refractivity contribution in [2.75, 3.05) is 13.2 Å². The maximum atomic E-state index is 12.4. The lowest BCUT2D eigenvalue weighted by atomic mass is 9.80. The molecule has 1 aliphatic heterocycles. The third kappa shape index (κ3) is 15.1. The molecule has 0 bridgehead atoms. The van der Waals surface area contributed by atoms with Crippen molar-refractivity contribution in [1.82, 2.24) is 15.5 Å². The average molecular weight is 558 g/mol. The van der Waals surface area contributed by atoms with Crippen molar-refractivity contribution in [2.24, 2.45) is 16.2 Å². The number of imide groups is 1. The van der Waals surface area contributed by atoms with E-state index in [0.29, 0.717) is 12.8 Å². The van der Waals surface area contributed by atoms with Crippen LogP contribution in [0.15, 0.2) is 0 Å². The van der Waals surface area contributed by atoms with E-state index in [2.05, 4.69) is 10.6 Å². The number of aliphatic hydroxyl groups is 1. The fraction of sp³-hybridized carbons (Fsp3) is 0.862. The van der Waals surface area contributed by atoms with Gasteiger partial charge in [-0.1, -0.05) is 55.4 Å². The number of nitrogens with one attached hydrogen (secondary N) is 2. The maximum absolute atomic E-state index is 12.4. The van der Waals surface area contributed by atoms with Gasteiger partial charge in [-0.3, -0.25) is 14.5 Å². The topological polar surface area (TPSA) is 134 Å². The van der Waals surface area contributed by atoms with Gasteiger partial charge in [-0.15, -0.1) is 0 Å². The van der Waals surface area contributed by atoms with Crippen LogP contribution in [-0.4, -0.2) is 70.4 Å². The van der Waals surface area contributed by atoms with E-state index in [1.165, 1.54) is 4.90 Å². The molecule has 2 atom stereocenters. The van der Waals surface area contributed by atoms with Gasteiger partial charge in [0, 0.05) is 19.4 Å². The normalized spacial score (nSPS) is 17.9. The molecular formula is C29H55N3O7. The standard InChI is InChI=1S/C18H32N2O4.C11H23NO3/c1-16(2,3)12(19-15(23)24-17(4,5)6)11-20-13(21)9-18(7,8)10-14(20)22;1-10(2,3)8(7-13)12-9(14)15-11(4,5)6/h12H,9-11H2,1-8H3,(H,19,23);8,13H,7H2,1-6H3,(H,12,14)/t12-;8-/m11/s1. The molecule has 0 saturated carbocycles. The Bertz CT molecular complexity index is 836. The summed E-state index contributed by atoms with van der Waals surface area (Å²) in [4.78, 5) is 49.5. The number of likely N-dealkylation sites (tertiary alicyclic amines) is 1. The Balaban J connectivity index is 0.000000830. The van der Waals surface area contributed by atoms with Crippen molar-refractivity contribution in [2.45, 2.75) is 133 Å². The first-order valence-corrected chi connectivity index (χ1v) is 13.6. The molecule has 1 rings (SSSR count). The molecular weight excluding hydrogens is 502 g/mol. The van der Waals surface area contributed by atoms with Crippen LogP contribution in [0.4, 0.5) is 9.59 Å². The molecule has 0 aromatic heterocycles. The van der Waals surface area contributed by atoms with Gasteiger partial charge in [0.1, 0.15) is 11.2 Å². The summed E-state index contributed by atoms with van der Waals surface area (Å²) < 4.78 is 10.4. The minimum Gasteiger partial charge on any atom is -0.444 e. The molecule has 0 aromatic rings. The summed E-state index contributed by atoms with van der Waals surface area (Å²) in [6.07, 6.45) is -0.361. The Kier molecular flexibility index (Phi) is 12.5. The summed E-state index contributed by atoms with van der Waals surface area (Å²) in [6, 6.07) is -0.686. The molecule has 228 valence electrons. The van der Waals surface area contributed by atoms with Crippen molar-refractivity contribution >= 4 is 24.0 Å². The van der Waals surface area contributed by atoms with E-state index >= 15 is 0 Å². The summed E-state index contributed by atoms with van der Waals surface area (Å²) in [5, 5.41) is 14.6. The van der Waals surface area contributed by atoms with E-state index in [4.69, 9.17) is 14.6 Å². The predicted molar refractivity (Wildman–Crippen MR) is 152 cm³/mol. The molecule has 0 unspecified atom stereocenters. The lowest BCUT2D eigenvalue weighted by Crippen LogP contribution is -2.56. The van der Waals surface area contributed by atoms with E-state index in [1.54, 1.807) is 41.5 Å². The fourth-order valence-electron chi connectivity index (χ4n) is 3.57. The van der Waals surface area contributed by atoms with Gasteiger partial charge in [-0.05, 0) is 57.8 Å². The largest absolute Gasteiger partial charge is 0.444 e. The van der Waals surface area contributed by atoms with Crippen LogP contribution in [0.25, 0.3) is 0 Å². The minimum absolute atomic E-state index is 0.0945. The van der Waals surface area contributed by atoms with Gasteiger partial charge in [0.05, 0.1) is 18.7 Å². The Morgan fingerprint density at radius 2 is 1.10 bits per heavy atom. The van der Waals surface area contributed by atoms with Crippen LogP contribution in [0.5, 0.6) is 0 Å². The third-order valence-corrected chi connectivity index (χ3v) is 5.88. The van der Waals surface area contributed by atoms with E-state index < -0.39 is 23.4 Å². The zero-order chi connectivity index (χ0) is 31.2. The van der Waals surface area contributed by atoms with Crippen LogP contribution in [-0.2, 0) is 19.1 Å². The number of hydrogen-bond acceptors (Lipinski definition) is 7. The van der Waals surface area contributed by atoms with Crippen LogP contribution in [0.1, 0.15) is 110 Å². The molecule has 0 spiro atoms. The van der Waals surface area contributed by atoms with Crippen molar-refractivity contribution < 1.29 is 33.8 Å². The Morgan fingerprint density at radius 1 is 0.769 bits per heavy atom.